The number of fused-ring (bicyclic) bond motifs is 1. The number of hydrogen-bond donors (Lipinski definition) is 1. The van der Waals surface area contributed by atoms with Crippen molar-refractivity contribution in [3.8, 4) is 0 Å². The second kappa shape index (κ2) is 13.0. The van der Waals surface area contributed by atoms with Crippen LogP contribution in [0.1, 0.15) is 56.0 Å². The molecule has 0 saturated carbocycles. The van der Waals surface area contributed by atoms with E-state index in [1.54, 1.807) is 4.57 Å². The number of aryl methyl sites for hydroxylation is 1. The Bertz CT molecular complexity index is 1760. The number of anilines is 1. The van der Waals surface area contributed by atoms with Crippen LogP contribution in [0.5, 0.6) is 0 Å². The standard InChI is InChI=1S/C30H30ClN9O5/c1-4-40-37-27(36-38-40)24-23(43-17(2)41)25(44-18(3)42)29(45-24)39-16-33-22-26(34-30(31)35-28(22)39)32-15-21(19-11-7-5-8-12-19)20-13-9-6-10-14-20/h5-14,16,21,23-25,29H,4,15H2,1-3H3,(H,32,34,35)/t23-,24+,25-,29-/m1/s1. The first-order valence-corrected chi connectivity index (χ1v) is 14.7. The zero-order chi connectivity index (χ0) is 31.5. The van der Waals surface area contributed by atoms with Crippen LogP contribution in [0.15, 0.2) is 67.0 Å². The van der Waals surface area contributed by atoms with E-state index in [0.29, 0.717) is 30.1 Å². The Hall–Kier alpha value is -4.95. The minimum atomic E-state index is -1.10. The van der Waals surface area contributed by atoms with Gasteiger partial charge >= 0.3 is 11.9 Å². The number of carbonyl (C=O) groups excluding carboxylic acids is 2. The number of esters is 2. The molecule has 6 rings (SSSR count). The topological polar surface area (TPSA) is 161 Å². The number of ether oxygens (including phenoxy) is 3. The lowest BCUT2D eigenvalue weighted by atomic mass is 9.91. The molecule has 2 aromatic carbocycles. The summed E-state index contributed by atoms with van der Waals surface area (Å²) in [5, 5.41) is 15.8. The molecule has 1 fully saturated rings. The predicted octanol–water partition coefficient (Wildman–Crippen LogP) is 3.86. The van der Waals surface area contributed by atoms with Gasteiger partial charge in [0.1, 0.15) is 0 Å². The number of aromatic nitrogens is 8. The van der Waals surface area contributed by atoms with E-state index in [1.807, 2.05) is 43.3 Å². The monoisotopic (exact) mass is 631 g/mol. The van der Waals surface area contributed by atoms with Crippen LogP contribution >= 0.6 is 11.6 Å². The van der Waals surface area contributed by atoms with Crippen LogP contribution in [0, 0.1) is 0 Å². The first kappa shape index (κ1) is 30.1. The SMILES string of the molecule is CCn1nnc([C@H]2O[C@@H](n3cnc4c(NCC(c5ccccc5)c5ccccc5)nc(Cl)nc43)[C@H](OC(C)=O)[C@@H]2OC(C)=O)n1. The van der Waals surface area contributed by atoms with Crippen LogP contribution in [0.25, 0.3) is 11.2 Å². The molecule has 232 valence electrons. The third-order valence-corrected chi connectivity index (χ3v) is 7.51. The van der Waals surface area contributed by atoms with E-state index >= 15 is 0 Å². The lowest BCUT2D eigenvalue weighted by Crippen LogP contribution is -2.37. The maximum Gasteiger partial charge on any atom is 0.303 e. The Morgan fingerprint density at radius 1 is 0.978 bits per heavy atom. The third-order valence-electron chi connectivity index (χ3n) is 7.34. The summed E-state index contributed by atoms with van der Waals surface area (Å²) in [5.41, 5.74) is 2.96. The quantitative estimate of drug-likeness (QED) is 0.175. The van der Waals surface area contributed by atoms with Crippen molar-refractivity contribution >= 4 is 40.5 Å². The number of rotatable bonds is 10. The Labute approximate surface area is 262 Å². The van der Waals surface area contributed by atoms with Crippen LogP contribution in [0.4, 0.5) is 5.82 Å². The van der Waals surface area contributed by atoms with Crippen molar-refractivity contribution in [2.24, 2.45) is 0 Å². The van der Waals surface area contributed by atoms with Gasteiger partial charge in [0.25, 0.3) is 0 Å². The second-order valence-electron chi connectivity index (χ2n) is 10.4. The minimum Gasteiger partial charge on any atom is -0.455 e. The number of carbonyl (C=O) groups is 2. The highest BCUT2D eigenvalue weighted by atomic mass is 35.5. The van der Waals surface area contributed by atoms with E-state index in [1.165, 1.54) is 25.0 Å². The largest absolute Gasteiger partial charge is 0.455 e. The van der Waals surface area contributed by atoms with Gasteiger partial charge in [-0.1, -0.05) is 60.7 Å². The number of hydrogen-bond acceptors (Lipinski definition) is 12. The van der Waals surface area contributed by atoms with E-state index in [0.717, 1.165) is 11.1 Å². The molecule has 0 spiro atoms. The summed E-state index contributed by atoms with van der Waals surface area (Å²) in [6, 6.07) is 20.3. The maximum absolute atomic E-state index is 12.2. The molecule has 15 heteroatoms. The molecule has 45 heavy (non-hydrogen) atoms. The van der Waals surface area contributed by atoms with Crippen LogP contribution in [0.3, 0.4) is 0 Å². The zero-order valence-corrected chi connectivity index (χ0v) is 25.4. The van der Waals surface area contributed by atoms with Gasteiger partial charge in [-0.2, -0.15) is 14.8 Å². The highest BCUT2D eigenvalue weighted by Crippen LogP contribution is 2.42. The summed E-state index contributed by atoms with van der Waals surface area (Å²) < 4.78 is 19.2. The number of tetrazole rings is 1. The van der Waals surface area contributed by atoms with Crippen molar-refractivity contribution in [1.29, 1.82) is 0 Å². The first-order valence-electron chi connectivity index (χ1n) is 14.3. The second-order valence-corrected chi connectivity index (χ2v) is 10.7. The lowest BCUT2D eigenvalue weighted by Gasteiger charge is -2.23. The summed E-state index contributed by atoms with van der Waals surface area (Å²) >= 11 is 6.44. The molecule has 1 aliphatic heterocycles. The van der Waals surface area contributed by atoms with Crippen molar-refractivity contribution < 1.29 is 23.8 Å². The van der Waals surface area contributed by atoms with Gasteiger partial charge in [-0.25, -0.2) is 4.98 Å². The molecule has 0 bridgehead atoms. The molecule has 1 N–H and O–H groups in total. The molecule has 1 aliphatic rings. The van der Waals surface area contributed by atoms with Gasteiger partial charge < -0.3 is 19.5 Å². The molecule has 0 unspecified atom stereocenters. The van der Waals surface area contributed by atoms with Crippen LogP contribution in [0.2, 0.25) is 5.28 Å². The van der Waals surface area contributed by atoms with Crippen molar-refractivity contribution in [3.63, 3.8) is 0 Å². The molecule has 1 saturated heterocycles. The number of nitrogens with zero attached hydrogens (tertiary/aromatic N) is 8. The molecule has 0 aliphatic carbocycles. The summed E-state index contributed by atoms with van der Waals surface area (Å²) in [6.45, 7) is 5.30. The van der Waals surface area contributed by atoms with Crippen LogP contribution < -0.4 is 5.32 Å². The van der Waals surface area contributed by atoms with E-state index < -0.39 is 36.5 Å². The van der Waals surface area contributed by atoms with Crippen LogP contribution in [-0.2, 0) is 30.3 Å². The van der Waals surface area contributed by atoms with E-state index in [2.05, 4.69) is 59.9 Å². The molecule has 5 aromatic rings. The fourth-order valence-corrected chi connectivity index (χ4v) is 5.57. The Kier molecular flexibility index (Phi) is 8.67. The average molecular weight is 632 g/mol. The third kappa shape index (κ3) is 6.33. The number of halogens is 1. The summed E-state index contributed by atoms with van der Waals surface area (Å²) in [7, 11) is 0. The average Bonchev–Trinajstić information content (AvgIpc) is 3.76. The number of benzene rings is 2. The van der Waals surface area contributed by atoms with Gasteiger partial charge in [0, 0.05) is 26.3 Å². The molecular formula is C30H30ClN9O5. The minimum absolute atomic E-state index is 0.000859. The number of imidazole rings is 1. The molecule has 14 nitrogen and oxygen atoms in total. The lowest BCUT2D eigenvalue weighted by molar-refractivity contribution is -0.165. The zero-order valence-electron chi connectivity index (χ0n) is 24.6. The fraction of sp³-hybridized carbons (Fsp3) is 0.333. The molecule has 0 radical (unpaired) electrons. The first-order chi connectivity index (χ1) is 21.8. The Morgan fingerprint density at radius 2 is 1.62 bits per heavy atom. The van der Waals surface area contributed by atoms with E-state index in [9.17, 15) is 9.59 Å². The summed E-state index contributed by atoms with van der Waals surface area (Å²) in [5.74, 6) is -0.644. The molecule has 3 aromatic heterocycles. The Balaban J connectivity index is 1.36. The molecular weight excluding hydrogens is 602 g/mol. The fourth-order valence-electron chi connectivity index (χ4n) is 5.41. The normalized spacial score (nSPS) is 19.6. The van der Waals surface area contributed by atoms with E-state index in [-0.39, 0.29) is 17.0 Å². The molecule has 0 amide bonds. The highest BCUT2D eigenvalue weighted by Gasteiger charge is 2.53. The van der Waals surface area contributed by atoms with Crippen LogP contribution in [-0.4, -0.2) is 70.4 Å². The van der Waals surface area contributed by atoms with Crippen molar-refractivity contribution in [2.45, 2.75) is 57.8 Å². The van der Waals surface area contributed by atoms with Gasteiger partial charge in [-0.05, 0) is 34.9 Å². The van der Waals surface area contributed by atoms with Crippen molar-refractivity contribution in [1.82, 2.24) is 39.7 Å². The number of nitrogens with one attached hydrogen (secondary N) is 1. The summed E-state index contributed by atoms with van der Waals surface area (Å²) in [6.07, 6.45) is -2.75. The van der Waals surface area contributed by atoms with Crippen molar-refractivity contribution in [2.75, 3.05) is 11.9 Å². The van der Waals surface area contributed by atoms with Gasteiger partial charge in [-0.15, -0.1) is 10.2 Å². The molecule has 4 atom stereocenters. The highest BCUT2D eigenvalue weighted by molar-refractivity contribution is 6.28. The van der Waals surface area contributed by atoms with E-state index in [4.69, 9.17) is 25.8 Å². The predicted molar refractivity (Wildman–Crippen MR) is 161 cm³/mol. The Morgan fingerprint density at radius 3 is 2.22 bits per heavy atom. The summed E-state index contributed by atoms with van der Waals surface area (Å²) in [4.78, 5) is 39.2. The van der Waals surface area contributed by atoms with Gasteiger partial charge in [0.15, 0.2) is 41.5 Å². The van der Waals surface area contributed by atoms with Crippen molar-refractivity contribution in [3.05, 3.63) is 89.2 Å². The smallest absolute Gasteiger partial charge is 0.303 e. The van der Waals surface area contributed by atoms with Gasteiger partial charge in [0.2, 0.25) is 11.1 Å². The molecule has 4 heterocycles. The van der Waals surface area contributed by atoms with Gasteiger partial charge in [-0.3, -0.25) is 14.2 Å². The maximum atomic E-state index is 12.2. The van der Waals surface area contributed by atoms with Gasteiger partial charge in [0.05, 0.1) is 12.9 Å².